The molecular weight excluding hydrogens is 330 g/mol. The Kier molecular flexibility index (Phi) is 6.03. The van der Waals surface area contributed by atoms with Crippen LogP contribution in [0.5, 0.6) is 0 Å². The third kappa shape index (κ3) is 5.07. The number of hydrogen-bond donors (Lipinski definition) is 0. The molecule has 0 spiro atoms. The van der Waals surface area contributed by atoms with Crippen LogP contribution >= 0.6 is 0 Å². The number of nitrogens with zero attached hydrogens (tertiary/aromatic N) is 3. The Labute approximate surface area is 156 Å². The molecule has 2 heterocycles. The van der Waals surface area contributed by atoms with Gasteiger partial charge in [0.1, 0.15) is 6.10 Å². The number of carbonyl (C=O) groups is 1. The van der Waals surface area contributed by atoms with Gasteiger partial charge in [0.15, 0.2) is 5.79 Å². The first-order valence-electron chi connectivity index (χ1n) is 9.91. The summed E-state index contributed by atoms with van der Waals surface area (Å²) in [6.07, 6.45) is 6.76. The van der Waals surface area contributed by atoms with Gasteiger partial charge in [0.05, 0.1) is 24.5 Å². The first kappa shape index (κ1) is 19.4. The van der Waals surface area contributed by atoms with Crippen molar-refractivity contribution in [2.75, 3.05) is 13.2 Å². The number of carbonyl (C=O) groups excluding carboxylic acids is 1. The van der Waals surface area contributed by atoms with Crippen molar-refractivity contribution in [3.8, 4) is 0 Å². The van der Waals surface area contributed by atoms with E-state index in [9.17, 15) is 4.79 Å². The molecule has 0 bridgehead atoms. The van der Waals surface area contributed by atoms with Crippen molar-refractivity contribution in [1.29, 1.82) is 0 Å². The lowest BCUT2D eigenvalue weighted by Crippen LogP contribution is -2.40. The maximum atomic E-state index is 13.1. The topological polar surface area (TPSA) is 56.6 Å². The van der Waals surface area contributed by atoms with E-state index in [1.54, 1.807) is 0 Å². The summed E-state index contributed by atoms with van der Waals surface area (Å²) in [6, 6.07) is 2.05. The second-order valence-corrected chi connectivity index (χ2v) is 8.33. The van der Waals surface area contributed by atoms with Gasteiger partial charge in [0.25, 0.3) is 0 Å². The molecule has 3 rings (SSSR count). The smallest absolute Gasteiger partial charge is 0.223 e. The molecule has 1 aromatic rings. The highest BCUT2D eigenvalue weighted by atomic mass is 16.7. The van der Waals surface area contributed by atoms with E-state index in [0.717, 1.165) is 11.4 Å². The molecule has 0 N–H and O–H groups in total. The van der Waals surface area contributed by atoms with E-state index in [0.29, 0.717) is 32.0 Å². The summed E-state index contributed by atoms with van der Waals surface area (Å²) >= 11 is 0. The van der Waals surface area contributed by atoms with Crippen LogP contribution in [0.1, 0.15) is 63.8 Å². The molecular formula is C20H33N3O3. The Morgan fingerprint density at radius 3 is 2.65 bits per heavy atom. The Morgan fingerprint density at radius 2 is 2.08 bits per heavy atom. The van der Waals surface area contributed by atoms with E-state index in [2.05, 4.69) is 11.2 Å². The average Bonchev–Trinajstić information content (AvgIpc) is 3.08. The fourth-order valence-corrected chi connectivity index (χ4v) is 4.13. The predicted molar refractivity (Wildman–Crippen MR) is 99.5 cm³/mol. The van der Waals surface area contributed by atoms with E-state index in [1.165, 1.54) is 32.1 Å². The molecule has 26 heavy (non-hydrogen) atoms. The molecule has 1 aliphatic heterocycles. The summed E-state index contributed by atoms with van der Waals surface area (Å²) in [5.74, 6) is 0.194. The van der Waals surface area contributed by atoms with E-state index >= 15 is 0 Å². The fraction of sp³-hybridized carbons (Fsp3) is 0.800. The van der Waals surface area contributed by atoms with Gasteiger partial charge < -0.3 is 14.4 Å². The SMILES string of the molecule is Cc1cc(CN(C[C@H]2COC(C)(C)O2)C(=O)CC2CCCCC2)n(C)n1. The zero-order valence-electron chi connectivity index (χ0n) is 16.7. The zero-order chi connectivity index (χ0) is 18.7. The van der Waals surface area contributed by atoms with Crippen LogP contribution in [0.15, 0.2) is 6.07 Å². The number of rotatable bonds is 6. The van der Waals surface area contributed by atoms with Crippen LogP contribution in [0, 0.1) is 12.8 Å². The van der Waals surface area contributed by atoms with Crippen molar-refractivity contribution in [2.45, 2.75) is 77.7 Å². The van der Waals surface area contributed by atoms with Gasteiger partial charge in [-0.2, -0.15) is 5.10 Å². The van der Waals surface area contributed by atoms with Crippen LogP contribution in [0.3, 0.4) is 0 Å². The van der Waals surface area contributed by atoms with E-state index in [4.69, 9.17) is 9.47 Å². The molecule has 6 heteroatoms. The minimum absolute atomic E-state index is 0.0744. The van der Waals surface area contributed by atoms with Crippen LogP contribution in [-0.4, -0.2) is 45.6 Å². The van der Waals surface area contributed by atoms with Gasteiger partial charge >= 0.3 is 0 Å². The first-order valence-corrected chi connectivity index (χ1v) is 9.91. The monoisotopic (exact) mass is 363 g/mol. The van der Waals surface area contributed by atoms with Crippen LogP contribution in [0.4, 0.5) is 0 Å². The maximum absolute atomic E-state index is 13.1. The van der Waals surface area contributed by atoms with Crippen molar-refractivity contribution in [3.05, 3.63) is 17.5 Å². The third-order valence-corrected chi connectivity index (χ3v) is 5.48. The molecule has 0 unspecified atom stereocenters. The standard InChI is InChI=1S/C20H33N3O3/c1-15-10-17(22(4)21-15)12-23(13-18-14-25-20(2,3)26-18)19(24)11-16-8-6-5-7-9-16/h10,16,18H,5-9,11-14H2,1-4H3/t18-/m0/s1. The van der Waals surface area contributed by atoms with Crippen molar-refractivity contribution >= 4 is 5.91 Å². The molecule has 146 valence electrons. The lowest BCUT2D eigenvalue weighted by Gasteiger charge is -2.29. The predicted octanol–water partition coefficient (Wildman–Crippen LogP) is 3.18. The second-order valence-electron chi connectivity index (χ2n) is 8.33. The normalized spacial score (nSPS) is 23.3. The number of aryl methyl sites for hydroxylation is 2. The highest BCUT2D eigenvalue weighted by Gasteiger charge is 2.35. The molecule has 1 amide bonds. The molecule has 0 radical (unpaired) electrons. The van der Waals surface area contributed by atoms with Crippen LogP contribution in [0.25, 0.3) is 0 Å². The molecule has 1 saturated carbocycles. The third-order valence-electron chi connectivity index (χ3n) is 5.48. The van der Waals surface area contributed by atoms with Crippen molar-refractivity contribution < 1.29 is 14.3 Å². The summed E-state index contributed by atoms with van der Waals surface area (Å²) in [6.45, 7) is 7.50. The van der Waals surface area contributed by atoms with Gasteiger partial charge in [-0.1, -0.05) is 19.3 Å². The fourth-order valence-electron chi connectivity index (χ4n) is 4.13. The zero-order valence-corrected chi connectivity index (χ0v) is 16.7. The molecule has 2 aliphatic rings. The molecule has 1 aliphatic carbocycles. The average molecular weight is 364 g/mol. The molecule has 1 saturated heterocycles. The van der Waals surface area contributed by atoms with Gasteiger partial charge in [-0.15, -0.1) is 0 Å². The minimum atomic E-state index is -0.564. The summed E-state index contributed by atoms with van der Waals surface area (Å²) < 4.78 is 13.5. The lowest BCUT2D eigenvalue weighted by molar-refractivity contribution is -0.147. The number of hydrogen-bond acceptors (Lipinski definition) is 4. The summed E-state index contributed by atoms with van der Waals surface area (Å²) in [4.78, 5) is 15.0. The van der Waals surface area contributed by atoms with Crippen molar-refractivity contribution in [3.63, 3.8) is 0 Å². The highest BCUT2D eigenvalue weighted by molar-refractivity contribution is 5.76. The van der Waals surface area contributed by atoms with Gasteiger partial charge in [-0.3, -0.25) is 9.48 Å². The largest absolute Gasteiger partial charge is 0.348 e. The first-order chi connectivity index (χ1) is 12.3. The summed E-state index contributed by atoms with van der Waals surface area (Å²) in [5, 5.41) is 4.42. The van der Waals surface area contributed by atoms with Gasteiger partial charge in [0, 0.05) is 20.0 Å². The Balaban J connectivity index is 1.67. The Morgan fingerprint density at radius 1 is 1.35 bits per heavy atom. The number of amides is 1. The summed E-state index contributed by atoms with van der Waals surface area (Å²) in [7, 11) is 1.93. The Hall–Kier alpha value is -1.40. The highest BCUT2D eigenvalue weighted by Crippen LogP contribution is 2.28. The van der Waals surface area contributed by atoms with Crippen molar-refractivity contribution in [1.82, 2.24) is 14.7 Å². The quantitative estimate of drug-likeness (QED) is 0.779. The van der Waals surface area contributed by atoms with Gasteiger partial charge in [-0.05, 0) is 45.6 Å². The van der Waals surface area contributed by atoms with Gasteiger partial charge in [0.2, 0.25) is 5.91 Å². The van der Waals surface area contributed by atoms with Crippen molar-refractivity contribution in [2.24, 2.45) is 13.0 Å². The van der Waals surface area contributed by atoms with E-state index < -0.39 is 5.79 Å². The molecule has 1 atom stereocenters. The number of aromatic nitrogens is 2. The second kappa shape index (κ2) is 8.09. The molecule has 2 fully saturated rings. The maximum Gasteiger partial charge on any atom is 0.223 e. The minimum Gasteiger partial charge on any atom is -0.348 e. The number of ether oxygens (including phenoxy) is 2. The van der Waals surface area contributed by atoms with Crippen LogP contribution in [-0.2, 0) is 27.9 Å². The Bertz CT molecular complexity index is 620. The van der Waals surface area contributed by atoms with Gasteiger partial charge in [-0.25, -0.2) is 0 Å². The lowest BCUT2D eigenvalue weighted by atomic mass is 9.86. The molecule has 6 nitrogen and oxygen atoms in total. The molecule has 1 aromatic heterocycles. The van der Waals surface area contributed by atoms with E-state index in [-0.39, 0.29) is 12.0 Å². The molecule has 0 aromatic carbocycles. The van der Waals surface area contributed by atoms with Crippen LogP contribution < -0.4 is 0 Å². The van der Waals surface area contributed by atoms with E-state index in [1.807, 2.05) is 37.4 Å². The summed E-state index contributed by atoms with van der Waals surface area (Å²) in [5.41, 5.74) is 2.03. The van der Waals surface area contributed by atoms with Crippen LogP contribution in [0.2, 0.25) is 0 Å².